The first-order valence-corrected chi connectivity index (χ1v) is 9.62. The summed E-state index contributed by atoms with van der Waals surface area (Å²) in [5, 5.41) is 20.8. The van der Waals surface area contributed by atoms with Gasteiger partial charge in [-0.3, -0.25) is 10.1 Å². The zero-order valence-corrected chi connectivity index (χ0v) is 16.7. The van der Waals surface area contributed by atoms with Gasteiger partial charge in [0.25, 0.3) is 0 Å². The minimum Gasteiger partial charge on any atom is -0.465 e. The molecule has 0 atom stereocenters. The van der Waals surface area contributed by atoms with E-state index in [9.17, 15) is 14.7 Å². The van der Waals surface area contributed by atoms with E-state index < -0.39 is 6.09 Å². The Hall–Kier alpha value is -3.64. The van der Waals surface area contributed by atoms with Crippen molar-refractivity contribution in [3.63, 3.8) is 0 Å². The molecule has 2 amide bonds. The van der Waals surface area contributed by atoms with Gasteiger partial charge in [-0.25, -0.2) is 4.79 Å². The first-order valence-electron chi connectivity index (χ1n) is 9.62. The number of hydrogen-bond acceptors (Lipinski definition) is 3. The summed E-state index contributed by atoms with van der Waals surface area (Å²) in [6, 6.07) is 22.3. The maximum absolute atomic E-state index is 12.6. The summed E-state index contributed by atoms with van der Waals surface area (Å²) in [5.41, 5.74) is 4.60. The van der Waals surface area contributed by atoms with Gasteiger partial charge in [-0.2, -0.15) is 0 Å². The van der Waals surface area contributed by atoms with E-state index in [-0.39, 0.29) is 18.9 Å². The molecule has 0 unspecified atom stereocenters. The van der Waals surface area contributed by atoms with Gasteiger partial charge in [0, 0.05) is 24.7 Å². The molecular weight excluding hydrogens is 380 g/mol. The van der Waals surface area contributed by atoms with Crippen LogP contribution in [0.4, 0.5) is 16.2 Å². The highest BCUT2D eigenvalue weighted by molar-refractivity contribution is 5.93. The third-order valence-electron chi connectivity index (χ3n) is 4.92. The molecule has 0 spiro atoms. The number of aliphatic hydroxyl groups is 1. The second kappa shape index (κ2) is 9.71. The van der Waals surface area contributed by atoms with Crippen LogP contribution in [0.15, 0.2) is 72.8 Å². The van der Waals surface area contributed by atoms with E-state index in [1.54, 1.807) is 42.3 Å². The highest BCUT2D eigenvalue weighted by atomic mass is 16.4. The van der Waals surface area contributed by atoms with Gasteiger partial charge in [-0.15, -0.1) is 0 Å². The Bertz CT molecular complexity index is 1020. The first kappa shape index (κ1) is 21.1. The summed E-state index contributed by atoms with van der Waals surface area (Å²) < 4.78 is 0. The van der Waals surface area contributed by atoms with Crippen LogP contribution in [0.25, 0.3) is 11.1 Å². The third-order valence-corrected chi connectivity index (χ3v) is 4.92. The molecule has 3 N–H and O–H groups in total. The van der Waals surface area contributed by atoms with E-state index in [1.807, 2.05) is 42.5 Å². The van der Waals surface area contributed by atoms with Crippen molar-refractivity contribution in [2.75, 3.05) is 17.3 Å². The average molecular weight is 404 g/mol. The molecule has 6 heteroatoms. The number of carbonyl (C=O) groups excluding carboxylic acids is 1. The number of rotatable bonds is 7. The van der Waals surface area contributed by atoms with E-state index in [0.29, 0.717) is 12.1 Å². The largest absolute Gasteiger partial charge is 0.465 e. The van der Waals surface area contributed by atoms with Crippen molar-refractivity contribution in [1.82, 2.24) is 0 Å². The summed E-state index contributed by atoms with van der Waals surface area (Å²) in [5.74, 6) is -0.0494. The zero-order valence-electron chi connectivity index (χ0n) is 16.7. The highest BCUT2D eigenvalue weighted by Gasteiger charge is 2.13. The lowest BCUT2D eigenvalue weighted by Gasteiger charge is -2.18. The van der Waals surface area contributed by atoms with E-state index >= 15 is 0 Å². The van der Waals surface area contributed by atoms with Crippen LogP contribution in [-0.4, -0.2) is 29.3 Å². The molecule has 3 aromatic rings. The molecule has 3 aromatic carbocycles. The lowest BCUT2D eigenvalue weighted by molar-refractivity contribution is -0.118. The highest BCUT2D eigenvalue weighted by Crippen LogP contribution is 2.29. The van der Waals surface area contributed by atoms with Gasteiger partial charge < -0.3 is 15.1 Å². The Morgan fingerprint density at radius 2 is 1.60 bits per heavy atom. The Morgan fingerprint density at radius 1 is 0.933 bits per heavy atom. The molecular formula is C24H24N2O4. The molecule has 6 nitrogen and oxygen atoms in total. The van der Waals surface area contributed by atoms with E-state index in [0.717, 1.165) is 27.9 Å². The number of amides is 2. The summed E-state index contributed by atoms with van der Waals surface area (Å²) in [4.78, 5) is 25.4. The molecule has 0 fully saturated rings. The molecule has 0 aliphatic rings. The summed E-state index contributed by atoms with van der Waals surface area (Å²) in [7, 11) is 1.71. The Morgan fingerprint density at radius 3 is 2.23 bits per heavy atom. The number of nitrogens with zero attached hydrogens (tertiary/aromatic N) is 1. The van der Waals surface area contributed by atoms with Gasteiger partial charge in [0.1, 0.15) is 0 Å². The van der Waals surface area contributed by atoms with Crippen LogP contribution in [0, 0.1) is 0 Å². The molecule has 154 valence electrons. The van der Waals surface area contributed by atoms with Gasteiger partial charge in [0.15, 0.2) is 0 Å². The maximum atomic E-state index is 12.6. The van der Waals surface area contributed by atoms with E-state index in [2.05, 4.69) is 5.32 Å². The van der Waals surface area contributed by atoms with Crippen molar-refractivity contribution in [1.29, 1.82) is 0 Å². The van der Waals surface area contributed by atoms with Gasteiger partial charge in [0.2, 0.25) is 5.91 Å². The molecule has 0 saturated heterocycles. The van der Waals surface area contributed by atoms with Gasteiger partial charge in [-0.1, -0.05) is 54.6 Å². The molecule has 0 aliphatic heterocycles. The fourth-order valence-corrected chi connectivity index (χ4v) is 3.22. The molecule has 30 heavy (non-hydrogen) atoms. The van der Waals surface area contributed by atoms with Crippen molar-refractivity contribution in [3.05, 3.63) is 83.9 Å². The van der Waals surface area contributed by atoms with Gasteiger partial charge in [-0.05, 0) is 41.3 Å². The number of hydrogen-bond donors (Lipinski definition) is 3. The maximum Gasteiger partial charge on any atom is 0.409 e. The Kier molecular flexibility index (Phi) is 6.83. The van der Waals surface area contributed by atoms with Crippen LogP contribution < -0.4 is 10.2 Å². The monoisotopic (exact) mass is 404 g/mol. The molecule has 0 radical (unpaired) electrons. The number of aryl methyl sites for hydroxylation is 1. The number of nitrogens with one attached hydrogen (secondary N) is 1. The summed E-state index contributed by atoms with van der Waals surface area (Å²) >= 11 is 0. The second-order valence-corrected chi connectivity index (χ2v) is 6.95. The normalized spacial score (nSPS) is 10.5. The van der Waals surface area contributed by atoms with Crippen LogP contribution in [0.2, 0.25) is 0 Å². The first-order chi connectivity index (χ1) is 14.5. The van der Waals surface area contributed by atoms with E-state index in [1.165, 1.54) is 0 Å². The van der Waals surface area contributed by atoms with Gasteiger partial charge >= 0.3 is 6.09 Å². The van der Waals surface area contributed by atoms with Crippen LogP contribution in [-0.2, 0) is 17.8 Å². The van der Waals surface area contributed by atoms with Crippen LogP contribution in [0.1, 0.15) is 17.5 Å². The second-order valence-electron chi connectivity index (χ2n) is 6.95. The zero-order chi connectivity index (χ0) is 21.5. The Labute approximate surface area is 175 Å². The predicted octanol–water partition coefficient (Wildman–Crippen LogP) is 4.53. The topological polar surface area (TPSA) is 89.9 Å². The van der Waals surface area contributed by atoms with Crippen LogP contribution in [0.5, 0.6) is 0 Å². The lowest BCUT2D eigenvalue weighted by atomic mass is 9.99. The number of carbonyl (C=O) groups is 2. The summed E-state index contributed by atoms with van der Waals surface area (Å²) in [6.45, 7) is -0.0381. The minimum absolute atomic E-state index is 0.0381. The van der Waals surface area contributed by atoms with Crippen molar-refractivity contribution >= 4 is 23.4 Å². The SMILES string of the molecule is CN(C(=O)CCc1ccc(-c2ccccc2)c(NC(=O)O)c1)c1ccc(CO)cc1. The van der Waals surface area contributed by atoms with Crippen molar-refractivity contribution < 1.29 is 19.8 Å². The molecule has 0 aliphatic carbocycles. The Balaban J connectivity index is 1.72. The molecule has 0 bridgehead atoms. The number of anilines is 2. The van der Waals surface area contributed by atoms with Crippen molar-refractivity contribution in [2.45, 2.75) is 19.4 Å². The molecule has 3 rings (SSSR count). The predicted molar refractivity (Wildman–Crippen MR) is 118 cm³/mol. The third kappa shape index (κ3) is 5.24. The standard InChI is InChI=1S/C24H24N2O4/c1-26(20-11-7-18(16-27)8-12-20)23(28)14-10-17-9-13-21(19-5-3-2-4-6-19)22(15-17)25-24(29)30/h2-9,11-13,15,25,27H,10,14,16H2,1H3,(H,29,30). The van der Waals surface area contributed by atoms with Crippen LogP contribution >= 0.6 is 0 Å². The smallest absolute Gasteiger partial charge is 0.409 e. The number of carboxylic acid groups (broad SMARTS) is 1. The van der Waals surface area contributed by atoms with Crippen LogP contribution in [0.3, 0.4) is 0 Å². The summed E-state index contributed by atoms with van der Waals surface area (Å²) in [6.07, 6.45) is -0.358. The van der Waals surface area contributed by atoms with E-state index in [4.69, 9.17) is 5.11 Å². The fourth-order valence-electron chi connectivity index (χ4n) is 3.22. The quantitative estimate of drug-likeness (QED) is 0.540. The number of aliphatic hydroxyl groups excluding tert-OH is 1. The molecule has 0 aromatic heterocycles. The molecule has 0 heterocycles. The van der Waals surface area contributed by atoms with Gasteiger partial charge in [0.05, 0.1) is 12.3 Å². The van der Waals surface area contributed by atoms with Crippen molar-refractivity contribution in [2.24, 2.45) is 0 Å². The van der Waals surface area contributed by atoms with Crippen molar-refractivity contribution in [3.8, 4) is 11.1 Å². The number of benzene rings is 3. The minimum atomic E-state index is -1.13. The fraction of sp³-hybridized carbons (Fsp3) is 0.167. The lowest BCUT2D eigenvalue weighted by Crippen LogP contribution is -2.26. The average Bonchev–Trinajstić information content (AvgIpc) is 2.77. The molecule has 0 saturated carbocycles.